The van der Waals surface area contributed by atoms with Gasteiger partial charge >= 0.3 is 5.97 Å². The first-order valence-corrected chi connectivity index (χ1v) is 7.06. The Hall–Kier alpha value is -0.940. The monoisotopic (exact) mass is 268 g/mol. The molecule has 1 atom stereocenters. The van der Waals surface area contributed by atoms with E-state index < -0.39 is 0 Å². The fraction of sp³-hybridized carbons (Fsp3) is 0.857. The first kappa shape index (κ1) is 14.5. The van der Waals surface area contributed by atoms with Crippen LogP contribution in [0.5, 0.6) is 0 Å². The van der Waals surface area contributed by atoms with Gasteiger partial charge in [0.1, 0.15) is 0 Å². The first-order valence-electron chi connectivity index (χ1n) is 7.06. The number of hydrogen-bond acceptors (Lipinski definition) is 5. The minimum absolute atomic E-state index is 0.0524. The number of ether oxygens (including phenoxy) is 1. The molecule has 108 valence electrons. The van der Waals surface area contributed by atoms with Gasteiger partial charge in [-0.05, 0) is 26.8 Å². The predicted octanol–water partition coefficient (Wildman–Crippen LogP) is 1.81. The highest BCUT2D eigenvalue weighted by atomic mass is 16.7. The van der Waals surface area contributed by atoms with Gasteiger partial charge in [-0.1, -0.05) is 19.0 Å². The Morgan fingerprint density at radius 2 is 2.11 bits per heavy atom. The Morgan fingerprint density at radius 3 is 2.68 bits per heavy atom. The Kier molecular flexibility index (Phi) is 4.26. The van der Waals surface area contributed by atoms with Crippen molar-refractivity contribution >= 4 is 11.7 Å². The molecule has 2 aliphatic rings. The van der Waals surface area contributed by atoms with Crippen LogP contribution in [0.15, 0.2) is 5.16 Å². The summed E-state index contributed by atoms with van der Waals surface area (Å²) in [6, 6.07) is 0. The van der Waals surface area contributed by atoms with Crippen molar-refractivity contribution in [1.29, 1.82) is 0 Å². The topological polar surface area (TPSA) is 51.1 Å². The van der Waals surface area contributed by atoms with Crippen molar-refractivity contribution in [2.24, 2.45) is 11.1 Å². The number of likely N-dealkylation sites (tertiary alicyclic amines) is 1. The third-order valence-electron chi connectivity index (χ3n) is 4.02. The van der Waals surface area contributed by atoms with Crippen LogP contribution in [0.1, 0.15) is 40.0 Å². The molecule has 5 heteroatoms. The molecule has 0 aromatic heterocycles. The van der Waals surface area contributed by atoms with Crippen LogP contribution in [0.4, 0.5) is 0 Å². The number of carbonyl (C=O) groups excluding carboxylic acids is 1. The summed E-state index contributed by atoms with van der Waals surface area (Å²) in [7, 11) is 2.13. The molecular formula is C14H24N2O3. The fourth-order valence-electron chi connectivity index (χ4n) is 2.59. The lowest BCUT2D eigenvalue weighted by Crippen LogP contribution is -2.42. The lowest BCUT2D eigenvalue weighted by Gasteiger charge is -2.36. The highest BCUT2D eigenvalue weighted by Gasteiger charge is 2.44. The summed E-state index contributed by atoms with van der Waals surface area (Å²) in [6.07, 6.45) is 2.77. The number of piperidine rings is 1. The van der Waals surface area contributed by atoms with Crippen molar-refractivity contribution in [1.82, 2.24) is 4.90 Å². The molecule has 5 nitrogen and oxygen atoms in total. The molecule has 19 heavy (non-hydrogen) atoms. The molecule has 0 saturated carbocycles. The van der Waals surface area contributed by atoms with Crippen LogP contribution >= 0.6 is 0 Å². The first-order chi connectivity index (χ1) is 8.92. The summed E-state index contributed by atoms with van der Waals surface area (Å²) in [5.74, 6) is -0.441. The van der Waals surface area contributed by atoms with Gasteiger partial charge in [0.2, 0.25) is 0 Å². The van der Waals surface area contributed by atoms with E-state index in [1.54, 1.807) is 13.8 Å². The predicted molar refractivity (Wildman–Crippen MR) is 73.0 cm³/mol. The van der Waals surface area contributed by atoms with E-state index in [0.29, 0.717) is 0 Å². The summed E-state index contributed by atoms with van der Waals surface area (Å²) < 4.78 is 6.09. The summed E-state index contributed by atoms with van der Waals surface area (Å²) in [5, 5.41) is 4.02. The van der Waals surface area contributed by atoms with Gasteiger partial charge in [-0.15, -0.1) is 0 Å². The molecule has 2 saturated heterocycles. The van der Waals surface area contributed by atoms with Gasteiger partial charge in [0.05, 0.1) is 23.3 Å². The van der Waals surface area contributed by atoms with Crippen molar-refractivity contribution < 1.29 is 14.4 Å². The zero-order valence-corrected chi connectivity index (χ0v) is 12.3. The van der Waals surface area contributed by atoms with Crippen LogP contribution < -0.4 is 0 Å². The van der Waals surface area contributed by atoms with Gasteiger partial charge < -0.3 is 14.5 Å². The lowest BCUT2D eigenvalue weighted by molar-refractivity contribution is -0.147. The minimum Gasteiger partial charge on any atom is -0.365 e. The third-order valence-corrected chi connectivity index (χ3v) is 4.02. The van der Waals surface area contributed by atoms with Crippen molar-refractivity contribution in [3.05, 3.63) is 0 Å². The van der Waals surface area contributed by atoms with Gasteiger partial charge in [0.25, 0.3) is 0 Å². The number of rotatable bonds is 2. The van der Waals surface area contributed by atoms with E-state index in [-0.39, 0.29) is 23.6 Å². The average Bonchev–Trinajstić information content (AvgIpc) is 2.67. The maximum atomic E-state index is 11.4. The molecule has 2 aliphatic heterocycles. The zero-order valence-electron chi connectivity index (χ0n) is 12.3. The van der Waals surface area contributed by atoms with Crippen LogP contribution in [-0.4, -0.2) is 48.4 Å². The van der Waals surface area contributed by atoms with Crippen molar-refractivity contribution in [3.8, 4) is 0 Å². The van der Waals surface area contributed by atoms with Gasteiger partial charge in [0, 0.05) is 19.5 Å². The van der Waals surface area contributed by atoms with Gasteiger partial charge in [-0.2, -0.15) is 0 Å². The number of hydrogen-bond donors (Lipinski definition) is 0. The Labute approximate surface area is 114 Å². The SMILES string of the molecule is CC(C)C(=O)O/N=C1\CC2(CCN(C)CC2)OC1C. The van der Waals surface area contributed by atoms with Gasteiger partial charge in [0.15, 0.2) is 0 Å². The normalized spacial score (nSPS) is 29.3. The average molecular weight is 268 g/mol. The van der Waals surface area contributed by atoms with E-state index in [9.17, 15) is 4.79 Å². The second-order valence-corrected chi connectivity index (χ2v) is 6.07. The molecule has 0 bridgehead atoms. The van der Waals surface area contributed by atoms with Crippen molar-refractivity contribution in [2.75, 3.05) is 20.1 Å². The number of carbonyl (C=O) groups is 1. The smallest absolute Gasteiger partial charge is 0.337 e. The summed E-state index contributed by atoms with van der Waals surface area (Å²) in [6.45, 7) is 7.68. The van der Waals surface area contributed by atoms with E-state index in [1.807, 2.05) is 6.92 Å². The summed E-state index contributed by atoms with van der Waals surface area (Å²) in [5.41, 5.74) is 0.771. The van der Waals surface area contributed by atoms with E-state index in [4.69, 9.17) is 9.57 Å². The van der Waals surface area contributed by atoms with E-state index >= 15 is 0 Å². The lowest BCUT2D eigenvalue weighted by atomic mass is 9.88. The Balaban J connectivity index is 1.97. The molecule has 2 rings (SSSR count). The van der Waals surface area contributed by atoms with Crippen LogP contribution in [0.2, 0.25) is 0 Å². The van der Waals surface area contributed by atoms with E-state index in [1.165, 1.54) is 0 Å². The minimum atomic E-state index is -0.288. The number of nitrogens with zero attached hydrogens (tertiary/aromatic N) is 2. The molecule has 1 unspecified atom stereocenters. The number of oxime groups is 1. The van der Waals surface area contributed by atoms with Crippen LogP contribution in [0, 0.1) is 5.92 Å². The maximum Gasteiger partial charge on any atom is 0.337 e. The highest BCUT2D eigenvalue weighted by molar-refractivity contribution is 5.91. The zero-order chi connectivity index (χ0) is 14.0. The van der Waals surface area contributed by atoms with Crippen LogP contribution in [0.3, 0.4) is 0 Å². The van der Waals surface area contributed by atoms with Gasteiger partial charge in [-0.3, -0.25) is 0 Å². The third kappa shape index (κ3) is 3.34. The summed E-state index contributed by atoms with van der Waals surface area (Å²) in [4.78, 5) is 18.7. The van der Waals surface area contributed by atoms with Crippen LogP contribution in [0.25, 0.3) is 0 Å². The standard InChI is InChI=1S/C14H24N2O3/c1-10(2)13(17)19-15-12-9-14(18-11(12)3)5-7-16(4)8-6-14/h10-11H,5-9H2,1-4H3/b15-12+. The molecule has 0 aromatic rings. The molecule has 2 fully saturated rings. The van der Waals surface area contributed by atoms with E-state index in [2.05, 4.69) is 17.1 Å². The molecule has 0 amide bonds. The largest absolute Gasteiger partial charge is 0.365 e. The second kappa shape index (κ2) is 5.59. The molecule has 2 heterocycles. The molecule has 0 N–H and O–H groups in total. The summed E-state index contributed by atoms with van der Waals surface area (Å²) >= 11 is 0. The highest BCUT2D eigenvalue weighted by Crippen LogP contribution is 2.37. The molecule has 0 radical (unpaired) electrons. The molecular weight excluding hydrogens is 244 g/mol. The van der Waals surface area contributed by atoms with Crippen molar-refractivity contribution in [3.63, 3.8) is 0 Å². The van der Waals surface area contributed by atoms with Crippen LogP contribution in [-0.2, 0) is 14.4 Å². The quantitative estimate of drug-likeness (QED) is 0.566. The fourth-order valence-corrected chi connectivity index (χ4v) is 2.59. The maximum absolute atomic E-state index is 11.4. The Morgan fingerprint density at radius 1 is 1.47 bits per heavy atom. The molecule has 0 aromatic carbocycles. The van der Waals surface area contributed by atoms with E-state index in [0.717, 1.165) is 38.1 Å². The Bertz CT molecular complexity index is 371. The van der Waals surface area contributed by atoms with Crippen molar-refractivity contribution in [2.45, 2.75) is 51.7 Å². The van der Waals surface area contributed by atoms with Gasteiger partial charge in [-0.25, -0.2) is 4.79 Å². The molecule has 0 aliphatic carbocycles. The second-order valence-electron chi connectivity index (χ2n) is 6.07. The molecule has 1 spiro atoms.